The van der Waals surface area contributed by atoms with Crippen molar-refractivity contribution in [3.05, 3.63) is 0 Å². The van der Waals surface area contributed by atoms with Gasteiger partial charge in [-0.05, 0) is 38.3 Å². The first-order chi connectivity index (χ1) is 9.02. The molecule has 0 aromatic heterocycles. The molecule has 2 atom stereocenters. The Kier molecular flexibility index (Phi) is 4.45. The summed E-state index contributed by atoms with van der Waals surface area (Å²) in [7, 11) is 3.47. The molecule has 5 heteroatoms. The highest BCUT2D eigenvalue weighted by molar-refractivity contribution is 5.88. The van der Waals surface area contributed by atoms with E-state index < -0.39 is 0 Å². The Labute approximate surface area is 115 Å². The van der Waals surface area contributed by atoms with Crippen molar-refractivity contribution in [1.29, 1.82) is 0 Å². The minimum Gasteiger partial charge on any atom is -0.347 e. The van der Waals surface area contributed by atoms with Crippen LogP contribution in [0.15, 0.2) is 0 Å². The zero-order valence-corrected chi connectivity index (χ0v) is 12.3. The fraction of sp³-hybridized carbons (Fsp3) is 0.857. The molecular formula is C14H25N3O2. The minimum atomic E-state index is 0.00960. The third kappa shape index (κ3) is 3.08. The number of carbonyl (C=O) groups excluding carboxylic acids is 2. The highest BCUT2D eigenvalue weighted by Gasteiger charge is 2.41. The van der Waals surface area contributed by atoms with Gasteiger partial charge in [0.25, 0.3) is 0 Å². The molecule has 2 heterocycles. The average Bonchev–Trinajstić information content (AvgIpc) is 2.38. The maximum Gasteiger partial charge on any atom is 0.241 e. The molecule has 2 aliphatic heterocycles. The van der Waals surface area contributed by atoms with Crippen LogP contribution in [0.3, 0.4) is 0 Å². The first kappa shape index (κ1) is 14.3. The lowest BCUT2D eigenvalue weighted by atomic mass is 9.85. The summed E-state index contributed by atoms with van der Waals surface area (Å²) in [6.07, 6.45) is 3.20. The van der Waals surface area contributed by atoms with Gasteiger partial charge in [0.1, 0.15) is 0 Å². The molecule has 0 radical (unpaired) electrons. The summed E-state index contributed by atoms with van der Waals surface area (Å²) in [5.74, 6) is 0.737. The van der Waals surface area contributed by atoms with Gasteiger partial charge in [0.05, 0.1) is 12.6 Å². The molecule has 2 fully saturated rings. The number of rotatable bonds is 4. The van der Waals surface area contributed by atoms with Crippen molar-refractivity contribution in [1.82, 2.24) is 14.7 Å². The molecule has 5 nitrogen and oxygen atoms in total. The Balaban J connectivity index is 2.03. The fourth-order valence-electron chi connectivity index (χ4n) is 3.12. The lowest BCUT2D eigenvalue weighted by Crippen LogP contribution is -2.60. The molecule has 0 aromatic carbocycles. The molecule has 0 saturated carbocycles. The molecule has 2 bridgehead atoms. The SMILES string of the molecule is CCCN1CC[C@H]2C[C@@H]1C(=O)N(CC(=O)N(C)C)C2. The third-order valence-electron chi connectivity index (χ3n) is 4.23. The van der Waals surface area contributed by atoms with Gasteiger partial charge in [0.2, 0.25) is 11.8 Å². The van der Waals surface area contributed by atoms with Gasteiger partial charge < -0.3 is 9.80 Å². The molecule has 0 N–H and O–H groups in total. The summed E-state index contributed by atoms with van der Waals surface area (Å²) in [5.41, 5.74) is 0. The molecule has 0 aliphatic carbocycles. The Bertz CT molecular complexity index is 357. The van der Waals surface area contributed by atoms with Crippen LogP contribution in [0.2, 0.25) is 0 Å². The maximum absolute atomic E-state index is 12.5. The van der Waals surface area contributed by atoms with Crippen LogP contribution in [0.1, 0.15) is 26.2 Å². The van der Waals surface area contributed by atoms with E-state index in [1.165, 1.54) is 0 Å². The summed E-state index contributed by atoms with van der Waals surface area (Å²) in [5, 5.41) is 0. The van der Waals surface area contributed by atoms with E-state index in [0.717, 1.165) is 38.9 Å². The van der Waals surface area contributed by atoms with Crippen LogP contribution in [0.25, 0.3) is 0 Å². The third-order valence-corrected chi connectivity index (χ3v) is 4.23. The number of likely N-dealkylation sites (tertiary alicyclic amines) is 2. The van der Waals surface area contributed by atoms with Crippen molar-refractivity contribution < 1.29 is 9.59 Å². The molecule has 2 amide bonds. The van der Waals surface area contributed by atoms with E-state index in [1.54, 1.807) is 23.9 Å². The van der Waals surface area contributed by atoms with E-state index in [2.05, 4.69) is 11.8 Å². The van der Waals surface area contributed by atoms with E-state index in [4.69, 9.17) is 0 Å². The number of fused-ring (bicyclic) bond motifs is 2. The second kappa shape index (κ2) is 5.90. The van der Waals surface area contributed by atoms with Crippen molar-refractivity contribution in [3.63, 3.8) is 0 Å². The predicted molar refractivity (Wildman–Crippen MR) is 73.7 cm³/mol. The van der Waals surface area contributed by atoms with Crippen LogP contribution < -0.4 is 0 Å². The Morgan fingerprint density at radius 2 is 2.16 bits per heavy atom. The fourth-order valence-corrected chi connectivity index (χ4v) is 3.12. The number of hydrogen-bond acceptors (Lipinski definition) is 3. The number of piperidine rings is 2. The summed E-state index contributed by atoms with van der Waals surface area (Å²) in [4.78, 5) is 29.9. The van der Waals surface area contributed by atoms with E-state index in [9.17, 15) is 9.59 Å². The van der Waals surface area contributed by atoms with E-state index in [1.807, 2.05) is 0 Å². The molecule has 2 aliphatic rings. The van der Waals surface area contributed by atoms with Crippen LogP contribution in [0, 0.1) is 5.92 Å². The number of likely N-dealkylation sites (N-methyl/N-ethyl adjacent to an activating group) is 1. The molecule has 0 aromatic rings. The molecule has 0 unspecified atom stereocenters. The summed E-state index contributed by atoms with van der Waals surface area (Å²) in [6.45, 7) is 5.16. The highest BCUT2D eigenvalue weighted by Crippen LogP contribution is 2.29. The molecular weight excluding hydrogens is 242 g/mol. The molecule has 0 spiro atoms. The highest BCUT2D eigenvalue weighted by atomic mass is 16.2. The normalized spacial score (nSPS) is 27.5. The van der Waals surface area contributed by atoms with Crippen LogP contribution in [0.5, 0.6) is 0 Å². The number of nitrogens with zero attached hydrogens (tertiary/aromatic N) is 3. The van der Waals surface area contributed by atoms with Crippen molar-refractivity contribution in [2.75, 3.05) is 40.3 Å². The molecule has 2 rings (SSSR count). The molecule has 19 heavy (non-hydrogen) atoms. The minimum absolute atomic E-state index is 0.00960. The first-order valence-electron chi connectivity index (χ1n) is 7.26. The van der Waals surface area contributed by atoms with Crippen molar-refractivity contribution in [3.8, 4) is 0 Å². The largest absolute Gasteiger partial charge is 0.347 e. The summed E-state index contributed by atoms with van der Waals surface area (Å²) >= 11 is 0. The van der Waals surface area contributed by atoms with Gasteiger partial charge in [0.15, 0.2) is 0 Å². The van der Waals surface area contributed by atoms with Crippen molar-refractivity contribution in [2.24, 2.45) is 5.92 Å². The van der Waals surface area contributed by atoms with Crippen LogP contribution in [-0.4, -0.2) is 72.8 Å². The van der Waals surface area contributed by atoms with E-state index in [0.29, 0.717) is 5.92 Å². The zero-order chi connectivity index (χ0) is 14.0. The van der Waals surface area contributed by atoms with Crippen molar-refractivity contribution >= 4 is 11.8 Å². The standard InChI is InChI=1S/C14H25N3O2/c1-4-6-16-7-5-11-8-12(16)14(19)17(9-11)10-13(18)15(2)3/h11-12H,4-10H2,1-3H3/t11-,12+/m0/s1. The number of amides is 2. The van der Waals surface area contributed by atoms with Gasteiger partial charge in [-0.15, -0.1) is 0 Å². The average molecular weight is 267 g/mol. The van der Waals surface area contributed by atoms with Gasteiger partial charge >= 0.3 is 0 Å². The topological polar surface area (TPSA) is 43.9 Å². The van der Waals surface area contributed by atoms with Crippen molar-refractivity contribution in [2.45, 2.75) is 32.2 Å². The van der Waals surface area contributed by atoms with Gasteiger partial charge in [-0.3, -0.25) is 14.5 Å². The summed E-state index contributed by atoms with van der Waals surface area (Å²) < 4.78 is 0. The van der Waals surface area contributed by atoms with E-state index in [-0.39, 0.29) is 24.4 Å². The predicted octanol–water partition coefficient (Wildman–Crippen LogP) is 0.407. The summed E-state index contributed by atoms with van der Waals surface area (Å²) in [6, 6.07) is 0.0161. The lowest BCUT2D eigenvalue weighted by Gasteiger charge is -2.46. The number of carbonyl (C=O) groups is 2. The quantitative estimate of drug-likeness (QED) is 0.741. The second-order valence-corrected chi connectivity index (χ2v) is 5.95. The van der Waals surface area contributed by atoms with Gasteiger partial charge in [0, 0.05) is 20.6 Å². The Morgan fingerprint density at radius 3 is 2.79 bits per heavy atom. The molecule has 108 valence electrons. The monoisotopic (exact) mass is 267 g/mol. The lowest BCUT2D eigenvalue weighted by molar-refractivity contribution is -0.150. The zero-order valence-electron chi connectivity index (χ0n) is 12.3. The second-order valence-electron chi connectivity index (χ2n) is 5.95. The van der Waals surface area contributed by atoms with Crippen LogP contribution in [-0.2, 0) is 9.59 Å². The van der Waals surface area contributed by atoms with Crippen LogP contribution in [0.4, 0.5) is 0 Å². The van der Waals surface area contributed by atoms with Crippen LogP contribution >= 0.6 is 0 Å². The first-order valence-corrected chi connectivity index (χ1v) is 7.26. The van der Waals surface area contributed by atoms with Gasteiger partial charge in [-0.1, -0.05) is 6.92 Å². The van der Waals surface area contributed by atoms with E-state index >= 15 is 0 Å². The van der Waals surface area contributed by atoms with Gasteiger partial charge in [-0.25, -0.2) is 0 Å². The van der Waals surface area contributed by atoms with Gasteiger partial charge in [-0.2, -0.15) is 0 Å². The molecule has 2 saturated heterocycles. The Morgan fingerprint density at radius 1 is 1.42 bits per heavy atom. The number of hydrogen-bond donors (Lipinski definition) is 0. The smallest absolute Gasteiger partial charge is 0.241 e. The Hall–Kier alpha value is -1.10. The maximum atomic E-state index is 12.5.